The van der Waals surface area contributed by atoms with Gasteiger partial charge in [0.2, 0.25) is 0 Å². The maximum Gasteiger partial charge on any atom is 0.134 e. The Kier molecular flexibility index (Phi) is 4.77. The monoisotopic (exact) mass is 239 g/mol. The van der Waals surface area contributed by atoms with E-state index in [-0.39, 0.29) is 11.1 Å². The molecule has 1 fully saturated rings. The third-order valence-electron chi connectivity index (χ3n) is 5.45. The Bertz CT molecular complexity index is 264. The van der Waals surface area contributed by atoms with Crippen molar-refractivity contribution in [2.45, 2.75) is 83.7 Å². The summed E-state index contributed by atoms with van der Waals surface area (Å²) in [4.78, 5) is 14.6. The highest BCUT2D eigenvalue weighted by Crippen LogP contribution is 2.41. The zero-order chi connectivity index (χ0) is 13.1. The Morgan fingerprint density at radius 1 is 1.00 bits per heavy atom. The third-order valence-corrected chi connectivity index (χ3v) is 5.45. The van der Waals surface area contributed by atoms with Crippen LogP contribution in [0.25, 0.3) is 0 Å². The zero-order valence-corrected chi connectivity index (χ0v) is 12.3. The fourth-order valence-corrected chi connectivity index (χ4v) is 3.67. The first-order valence-electron chi connectivity index (χ1n) is 7.26. The number of ketones is 1. The Balaban J connectivity index is 3.16. The smallest absolute Gasteiger partial charge is 0.134 e. The molecule has 1 rings (SSSR count). The molecular formula is C15H29NO. The van der Waals surface area contributed by atoms with E-state index in [1.807, 2.05) is 0 Å². The molecule has 0 amide bonds. The van der Waals surface area contributed by atoms with Gasteiger partial charge in [-0.15, -0.1) is 0 Å². The molecule has 1 aliphatic rings. The minimum atomic E-state index is 0.0968. The highest BCUT2D eigenvalue weighted by molar-refractivity contribution is 5.80. The number of carbonyl (C=O) groups is 1. The van der Waals surface area contributed by atoms with Crippen molar-refractivity contribution in [3.05, 3.63) is 0 Å². The van der Waals surface area contributed by atoms with Crippen LogP contribution in [-0.2, 0) is 4.79 Å². The van der Waals surface area contributed by atoms with E-state index in [0.717, 1.165) is 44.9 Å². The van der Waals surface area contributed by atoms with Crippen LogP contribution >= 0.6 is 0 Å². The van der Waals surface area contributed by atoms with Gasteiger partial charge in [0.05, 0.1) is 0 Å². The maximum absolute atomic E-state index is 12.1. The van der Waals surface area contributed by atoms with Gasteiger partial charge in [-0.3, -0.25) is 9.69 Å². The highest BCUT2D eigenvalue weighted by atomic mass is 16.1. The molecule has 0 spiro atoms. The van der Waals surface area contributed by atoms with Gasteiger partial charge in [-0.05, 0) is 39.2 Å². The molecule has 100 valence electrons. The van der Waals surface area contributed by atoms with Crippen LogP contribution in [0.1, 0.15) is 72.6 Å². The summed E-state index contributed by atoms with van der Waals surface area (Å²) in [5, 5.41) is 0. The lowest BCUT2D eigenvalue weighted by Crippen LogP contribution is -2.57. The summed E-state index contributed by atoms with van der Waals surface area (Å²) in [6.07, 6.45) is 7.01. The Morgan fingerprint density at radius 3 is 1.88 bits per heavy atom. The average molecular weight is 239 g/mol. The second-order valence-electron chi connectivity index (χ2n) is 5.64. The van der Waals surface area contributed by atoms with E-state index >= 15 is 0 Å². The maximum atomic E-state index is 12.1. The van der Waals surface area contributed by atoms with Crippen LogP contribution < -0.4 is 0 Å². The van der Waals surface area contributed by atoms with E-state index < -0.39 is 0 Å². The lowest BCUT2D eigenvalue weighted by molar-refractivity contribution is -0.121. The van der Waals surface area contributed by atoms with Crippen molar-refractivity contribution in [3.8, 4) is 0 Å². The number of hydrogen-bond donors (Lipinski definition) is 0. The summed E-state index contributed by atoms with van der Waals surface area (Å²) >= 11 is 0. The topological polar surface area (TPSA) is 20.3 Å². The summed E-state index contributed by atoms with van der Waals surface area (Å²) in [7, 11) is 2.25. The van der Waals surface area contributed by atoms with Gasteiger partial charge < -0.3 is 0 Å². The van der Waals surface area contributed by atoms with Gasteiger partial charge in [-0.1, -0.05) is 27.7 Å². The molecule has 1 aliphatic heterocycles. The van der Waals surface area contributed by atoms with Crippen LogP contribution in [0.2, 0.25) is 0 Å². The third kappa shape index (κ3) is 2.42. The molecule has 1 heterocycles. The predicted octanol–water partition coefficient (Wildman–Crippen LogP) is 3.79. The minimum absolute atomic E-state index is 0.0968. The molecule has 0 aromatic rings. The van der Waals surface area contributed by atoms with Gasteiger partial charge in [0.1, 0.15) is 5.78 Å². The van der Waals surface area contributed by atoms with Gasteiger partial charge in [0.15, 0.2) is 0 Å². The van der Waals surface area contributed by atoms with E-state index in [1.54, 1.807) is 0 Å². The first-order chi connectivity index (χ1) is 8.00. The van der Waals surface area contributed by atoms with E-state index in [4.69, 9.17) is 0 Å². The van der Waals surface area contributed by atoms with Crippen molar-refractivity contribution in [1.82, 2.24) is 4.90 Å². The van der Waals surface area contributed by atoms with Crippen LogP contribution in [0.15, 0.2) is 0 Å². The number of likely N-dealkylation sites (tertiary alicyclic amines) is 1. The highest BCUT2D eigenvalue weighted by Gasteiger charge is 2.45. The number of rotatable bonds is 4. The molecular weight excluding hydrogens is 210 g/mol. The van der Waals surface area contributed by atoms with Crippen molar-refractivity contribution < 1.29 is 4.79 Å². The molecule has 0 bridgehead atoms. The van der Waals surface area contributed by atoms with Crippen LogP contribution in [-0.4, -0.2) is 28.8 Å². The normalized spacial score (nSPS) is 24.6. The van der Waals surface area contributed by atoms with Gasteiger partial charge >= 0.3 is 0 Å². The first kappa shape index (κ1) is 14.7. The van der Waals surface area contributed by atoms with Crippen LogP contribution in [0, 0.1) is 0 Å². The van der Waals surface area contributed by atoms with Crippen molar-refractivity contribution in [3.63, 3.8) is 0 Å². The predicted molar refractivity (Wildman–Crippen MR) is 73.2 cm³/mol. The summed E-state index contributed by atoms with van der Waals surface area (Å²) < 4.78 is 0. The molecule has 0 unspecified atom stereocenters. The first-order valence-corrected chi connectivity index (χ1v) is 7.26. The SMILES string of the molecule is CCC1(CC)CCC(=O)CC(CC)(CC)N1C. The van der Waals surface area contributed by atoms with Gasteiger partial charge in [-0.25, -0.2) is 0 Å². The van der Waals surface area contributed by atoms with E-state index in [0.29, 0.717) is 5.78 Å². The van der Waals surface area contributed by atoms with Crippen LogP contribution in [0.4, 0.5) is 0 Å². The van der Waals surface area contributed by atoms with Crippen molar-refractivity contribution in [2.75, 3.05) is 7.05 Å². The molecule has 2 heteroatoms. The van der Waals surface area contributed by atoms with Crippen molar-refractivity contribution >= 4 is 5.78 Å². The molecule has 0 aliphatic carbocycles. The van der Waals surface area contributed by atoms with Crippen LogP contribution in [0.5, 0.6) is 0 Å². The lowest BCUT2D eigenvalue weighted by Gasteiger charge is -2.50. The second kappa shape index (κ2) is 5.51. The number of carbonyl (C=O) groups excluding carboxylic acids is 1. The summed E-state index contributed by atoms with van der Waals surface area (Å²) in [6.45, 7) is 9.00. The van der Waals surface area contributed by atoms with Crippen LogP contribution in [0.3, 0.4) is 0 Å². The van der Waals surface area contributed by atoms with E-state index in [1.165, 1.54) is 0 Å². The number of Topliss-reactive ketones (excluding diaryl/α,β-unsaturated/α-hetero) is 1. The summed E-state index contributed by atoms with van der Waals surface area (Å²) in [5.41, 5.74) is 0.331. The van der Waals surface area contributed by atoms with Gasteiger partial charge in [0.25, 0.3) is 0 Å². The number of hydrogen-bond acceptors (Lipinski definition) is 2. The molecule has 2 nitrogen and oxygen atoms in total. The van der Waals surface area contributed by atoms with Gasteiger partial charge in [-0.2, -0.15) is 0 Å². The minimum Gasteiger partial charge on any atom is -0.300 e. The summed E-state index contributed by atoms with van der Waals surface area (Å²) in [6, 6.07) is 0. The molecule has 1 saturated heterocycles. The molecule has 0 atom stereocenters. The van der Waals surface area contributed by atoms with Gasteiger partial charge in [0, 0.05) is 23.9 Å². The molecule has 0 N–H and O–H groups in total. The van der Waals surface area contributed by atoms with Crippen molar-refractivity contribution in [1.29, 1.82) is 0 Å². The molecule has 0 aromatic carbocycles. The largest absolute Gasteiger partial charge is 0.300 e. The Morgan fingerprint density at radius 2 is 1.47 bits per heavy atom. The Hall–Kier alpha value is -0.370. The molecule has 0 saturated carbocycles. The lowest BCUT2D eigenvalue weighted by atomic mass is 9.81. The average Bonchev–Trinajstić information content (AvgIpc) is 2.47. The molecule has 17 heavy (non-hydrogen) atoms. The fourth-order valence-electron chi connectivity index (χ4n) is 3.67. The fraction of sp³-hybridized carbons (Fsp3) is 0.933. The molecule has 0 aromatic heterocycles. The van der Waals surface area contributed by atoms with E-state index in [2.05, 4.69) is 39.6 Å². The number of nitrogens with zero attached hydrogens (tertiary/aromatic N) is 1. The zero-order valence-electron chi connectivity index (χ0n) is 12.3. The van der Waals surface area contributed by atoms with E-state index in [9.17, 15) is 4.79 Å². The standard InChI is InChI=1S/C15H29NO/c1-6-14(7-2)11-10-13(17)12-15(8-3,9-4)16(14)5/h6-12H2,1-5H3. The van der Waals surface area contributed by atoms with Crippen molar-refractivity contribution in [2.24, 2.45) is 0 Å². The second-order valence-corrected chi connectivity index (χ2v) is 5.64. The Labute approximate surface area is 107 Å². The summed E-state index contributed by atoms with van der Waals surface area (Å²) in [5.74, 6) is 0.462. The molecule has 0 radical (unpaired) electrons. The quantitative estimate of drug-likeness (QED) is 0.744.